The number of hydrogen-bond donors (Lipinski definition) is 2. The number of hydrogen-bond acceptors (Lipinski definition) is 5. The van der Waals surface area contributed by atoms with E-state index in [9.17, 15) is 8.42 Å². The van der Waals surface area contributed by atoms with Gasteiger partial charge in [-0.3, -0.25) is 0 Å². The van der Waals surface area contributed by atoms with Crippen molar-refractivity contribution in [1.29, 1.82) is 0 Å². The Morgan fingerprint density at radius 1 is 1.38 bits per heavy atom. The number of rotatable bonds is 7. The lowest BCUT2D eigenvalue weighted by atomic mass is 9.98. The van der Waals surface area contributed by atoms with Crippen LogP contribution in [-0.2, 0) is 21.3 Å². The quantitative estimate of drug-likeness (QED) is 0.750. The van der Waals surface area contributed by atoms with Crippen LogP contribution in [0.2, 0.25) is 0 Å². The molecule has 1 fully saturated rings. The topological polar surface area (TPSA) is 81.4 Å². The van der Waals surface area contributed by atoms with Gasteiger partial charge in [0.2, 0.25) is 10.0 Å². The molecular formula is C14H24N2O3S2. The maximum atomic E-state index is 12.2. The number of aryl methyl sites for hydroxylation is 1. The molecule has 0 amide bonds. The van der Waals surface area contributed by atoms with Crippen molar-refractivity contribution in [2.45, 2.75) is 55.9 Å². The SMILES string of the molecule is Cc1cc(S(=O)(=O)NCCOC2CCCCC2)sc1CN. The van der Waals surface area contributed by atoms with Gasteiger partial charge in [0, 0.05) is 18.0 Å². The van der Waals surface area contributed by atoms with Crippen molar-refractivity contribution in [3.8, 4) is 0 Å². The van der Waals surface area contributed by atoms with Gasteiger partial charge in [0.05, 0.1) is 12.7 Å². The molecule has 0 saturated heterocycles. The Kier molecular flexibility index (Phi) is 6.19. The molecule has 0 bridgehead atoms. The molecule has 0 atom stereocenters. The van der Waals surface area contributed by atoms with Crippen molar-refractivity contribution in [1.82, 2.24) is 4.72 Å². The van der Waals surface area contributed by atoms with E-state index in [0.717, 1.165) is 23.3 Å². The van der Waals surface area contributed by atoms with E-state index in [1.54, 1.807) is 6.07 Å². The zero-order chi connectivity index (χ0) is 15.3. The van der Waals surface area contributed by atoms with Gasteiger partial charge < -0.3 is 10.5 Å². The summed E-state index contributed by atoms with van der Waals surface area (Å²) >= 11 is 1.24. The minimum Gasteiger partial charge on any atom is -0.377 e. The van der Waals surface area contributed by atoms with Gasteiger partial charge in [-0.05, 0) is 31.4 Å². The summed E-state index contributed by atoms with van der Waals surface area (Å²) in [5.74, 6) is 0. The fraction of sp³-hybridized carbons (Fsp3) is 0.714. The molecule has 21 heavy (non-hydrogen) atoms. The first-order valence-electron chi connectivity index (χ1n) is 7.43. The number of sulfonamides is 1. The van der Waals surface area contributed by atoms with Gasteiger partial charge in [-0.15, -0.1) is 11.3 Å². The van der Waals surface area contributed by atoms with E-state index >= 15 is 0 Å². The molecule has 0 unspecified atom stereocenters. The molecular weight excluding hydrogens is 308 g/mol. The molecule has 0 spiro atoms. The van der Waals surface area contributed by atoms with Crippen LogP contribution in [0, 0.1) is 6.92 Å². The van der Waals surface area contributed by atoms with Crippen molar-refractivity contribution in [2.24, 2.45) is 5.73 Å². The largest absolute Gasteiger partial charge is 0.377 e. The third-order valence-corrected chi connectivity index (χ3v) is 6.94. The number of nitrogens with two attached hydrogens (primary N) is 1. The molecule has 5 nitrogen and oxygen atoms in total. The summed E-state index contributed by atoms with van der Waals surface area (Å²) < 4.78 is 33.0. The lowest BCUT2D eigenvalue weighted by molar-refractivity contribution is 0.0321. The highest BCUT2D eigenvalue weighted by atomic mass is 32.2. The molecule has 120 valence electrons. The average Bonchev–Trinajstić information content (AvgIpc) is 2.87. The molecule has 1 aliphatic rings. The monoisotopic (exact) mass is 332 g/mol. The fourth-order valence-corrected chi connectivity index (χ4v) is 5.05. The summed E-state index contributed by atoms with van der Waals surface area (Å²) in [5, 5.41) is 0. The van der Waals surface area contributed by atoms with Crippen LogP contribution < -0.4 is 10.5 Å². The van der Waals surface area contributed by atoms with Crippen molar-refractivity contribution >= 4 is 21.4 Å². The molecule has 2 rings (SSSR count). The van der Waals surface area contributed by atoms with Gasteiger partial charge in [-0.25, -0.2) is 13.1 Å². The maximum Gasteiger partial charge on any atom is 0.250 e. The van der Waals surface area contributed by atoms with E-state index in [1.807, 2.05) is 6.92 Å². The molecule has 0 radical (unpaired) electrons. The van der Waals surface area contributed by atoms with E-state index in [0.29, 0.717) is 30.0 Å². The summed E-state index contributed by atoms with van der Waals surface area (Å²) in [6.45, 7) is 2.99. The molecule has 1 saturated carbocycles. The van der Waals surface area contributed by atoms with Gasteiger partial charge in [0.25, 0.3) is 0 Å². The lowest BCUT2D eigenvalue weighted by Crippen LogP contribution is -2.29. The molecule has 1 aromatic rings. The van der Waals surface area contributed by atoms with Crippen molar-refractivity contribution in [2.75, 3.05) is 13.2 Å². The third-order valence-electron chi connectivity index (χ3n) is 3.75. The van der Waals surface area contributed by atoms with Crippen LogP contribution in [0.5, 0.6) is 0 Å². The van der Waals surface area contributed by atoms with Gasteiger partial charge >= 0.3 is 0 Å². The zero-order valence-electron chi connectivity index (χ0n) is 12.4. The Balaban J connectivity index is 1.80. The molecule has 1 aromatic heterocycles. The summed E-state index contributed by atoms with van der Waals surface area (Å²) in [5.41, 5.74) is 6.52. The fourth-order valence-electron chi connectivity index (χ4n) is 2.53. The van der Waals surface area contributed by atoms with E-state index in [-0.39, 0.29) is 0 Å². The Hall–Kier alpha value is -0.470. The highest BCUT2D eigenvalue weighted by Gasteiger charge is 2.19. The molecule has 0 aliphatic heterocycles. The van der Waals surface area contributed by atoms with Crippen LogP contribution in [0.15, 0.2) is 10.3 Å². The highest BCUT2D eigenvalue weighted by molar-refractivity contribution is 7.91. The first kappa shape index (κ1) is 16.9. The molecule has 1 aliphatic carbocycles. The Morgan fingerprint density at radius 2 is 2.10 bits per heavy atom. The second kappa shape index (κ2) is 7.69. The van der Waals surface area contributed by atoms with Gasteiger partial charge in [-0.2, -0.15) is 0 Å². The van der Waals surface area contributed by atoms with E-state index in [2.05, 4.69) is 4.72 Å². The summed E-state index contributed by atoms with van der Waals surface area (Å²) in [4.78, 5) is 0.911. The van der Waals surface area contributed by atoms with Gasteiger partial charge in [0.15, 0.2) is 0 Å². The maximum absolute atomic E-state index is 12.2. The molecule has 1 heterocycles. The van der Waals surface area contributed by atoms with Crippen molar-refractivity contribution < 1.29 is 13.2 Å². The van der Waals surface area contributed by atoms with E-state index in [4.69, 9.17) is 10.5 Å². The molecule has 7 heteroatoms. The molecule has 3 N–H and O–H groups in total. The van der Waals surface area contributed by atoms with Gasteiger partial charge in [-0.1, -0.05) is 19.3 Å². The molecule has 0 aromatic carbocycles. The minimum atomic E-state index is -3.44. The van der Waals surface area contributed by atoms with Crippen LogP contribution in [0.1, 0.15) is 42.5 Å². The average molecular weight is 332 g/mol. The van der Waals surface area contributed by atoms with Crippen LogP contribution >= 0.6 is 11.3 Å². The first-order valence-corrected chi connectivity index (χ1v) is 9.73. The number of thiophene rings is 1. The highest BCUT2D eigenvalue weighted by Crippen LogP contribution is 2.25. The van der Waals surface area contributed by atoms with Crippen LogP contribution in [0.4, 0.5) is 0 Å². The summed E-state index contributed by atoms with van der Waals surface area (Å²) in [6, 6.07) is 1.68. The van der Waals surface area contributed by atoms with Crippen LogP contribution in [0.25, 0.3) is 0 Å². The lowest BCUT2D eigenvalue weighted by Gasteiger charge is -2.21. The minimum absolute atomic E-state index is 0.302. The second-order valence-corrected chi connectivity index (χ2v) is 8.53. The second-order valence-electron chi connectivity index (χ2n) is 5.40. The number of ether oxygens (including phenoxy) is 1. The predicted octanol–water partition coefficient (Wildman–Crippen LogP) is 2.14. The normalized spacial score (nSPS) is 17.2. The third kappa shape index (κ3) is 4.75. The Morgan fingerprint density at radius 3 is 2.71 bits per heavy atom. The van der Waals surface area contributed by atoms with Crippen LogP contribution in [-0.4, -0.2) is 27.7 Å². The zero-order valence-corrected chi connectivity index (χ0v) is 14.1. The van der Waals surface area contributed by atoms with Crippen molar-refractivity contribution in [3.05, 3.63) is 16.5 Å². The predicted molar refractivity (Wildman–Crippen MR) is 85.0 cm³/mol. The van der Waals surface area contributed by atoms with Gasteiger partial charge in [0.1, 0.15) is 4.21 Å². The van der Waals surface area contributed by atoms with Crippen molar-refractivity contribution in [3.63, 3.8) is 0 Å². The summed E-state index contributed by atoms with van der Waals surface area (Å²) in [6.07, 6.45) is 6.21. The Labute approximate surface area is 130 Å². The standard InChI is InChI=1S/C14H24N2O3S2/c1-11-9-14(20-13(11)10-15)21(17,18)16-7-8-19-12-5-3-2-4-6-12/h9,12,16H,2-8,10,15H2,1H3. The van der Waals surface area contributed by atoms with Crippen LogP contribution in [0.3, 0.4) is 0 Å². The Bertz CT molecular complexity index is 549. The van der Waals surface area contributed by atoms with E-state index < -0.39 is 10.0 Å². The first-order chi connectivity index (χ1) is 10.0. The smallest absolute Gasteiger partial charge is 0.250 e. The number of nitrogens with one attached hydrogen (secondary N) is 1. The summed E-state index contributed by atoms with van der Waals surface area (Å²) in [7, 11) is -3.44. The van der Waals surface area contributed by atoms with E-state index in [1.165, 1.54) is 30.6 Å².